The Hall–Kier alpha value is -1.85. The zero-order valence-electron chi connectivity index (χ0n) is 12.3. The zero-order chi connectivity index (χ0) is 15.6. The second-order valence-corrected chi connectivity index (χ2v) is 7.01. The van der Waals surface area contributed by atoms with Crippen molar-refractivity contribution in [2.45, 2.75) is 20.0 Å². The number of anilines is 1. The van der Waals surface area contributed by atoms with Gasteiger partial charge in [0.25, 0.3) is 0 Å². The van der Waals surface area contributed by atoms with Crippen LogP contribution in [0.3, 0.4) is 0 Å². The number of aliphatic hydroxyl groups excluding tert-OH is 1. The minimum absolute atomic E-state index is 0.443. The van der Waals surface area contributed by atoms with Gasteiger partial charge in [-0.1, -0.05) is 35.9 Å². The Kier molecular flexibility index (Phi) is 4.34. The predicted molar refractivity (Wildman–Crippen MR) is 84.9 cm³/mol. The van der Waals surface area contributed by atoms with Crippen LogP contribution in [0.5, 0.6) is 0 Å². The summed E-state index contributed by atoms with van der Waals surface area (Å²) >= 11 is 0. The zero-order valence-corrected chi connectivity index (χ0v) is 13.1. The first-order valence-corrected chi connectivity index (χ1v) is 8.48. The number of nitrogens with one attached hydrogen (secondary N) is 1. The molecule has 2 rings (SSSR count). The van der Waals surface area contributed by atoms with E-state index in [2.05, 4.69) is 4.72 Å². The number of aryl methyl sites for hydroxylation is 2. The smallest absolute Gasteiger partial charge is 0.229 e. The number of rotatable bonds is 4. The van der Waals surface area contributed by atoms with Gasteiger partial charge in [0.05, 0.1) is 6.26 Å². The topological polar surface area (TPSA) is 66.4 Å². The molecule has 2 N–H and O–H groups in total. The van der Waals surface area contributed by atoms with Gasteiger partial charge in [0, 0.05) is 5.69 Å². The molecule has 0 amide bonds. The molecule has 4 nitrogen and oxygen atoms in total. The van der Waals surface area contributed by atoms with Crippen molar-refractivity contribution in [3.05, 3.63) is 64.7 Å². The van der Waals surface area contributed by atoms with Crippen molar-refractivity contribution in [3.63, 3.8) is 0 Å². The Morgan fingerprint density at radius 1 is 1.10 bits per heavy atom. The maximum Gasteiger partial charge on any atom is 0.229 e. The van der Waals surface area contributed by atoms with Crippen LogP contribution in [0.1, 0.15) is 28.4 Å². The van der Waals surface area contributed by atoms with Crippen LogP contribution in [0.25, 0.3) is 0 Å². The van der Waals surface area contributed by atoms with E-state index in [4.69, 9.17) is 0 Å². The standard InChI is InChI=1S/C16H19NO3S/c1-11-7-8-15(12(2)9-11)16(18)13-5-4-6-14(10-13)17-21(3,19)20/h4-10,16-18H,1-3H3. The molecule has 1 unspecified atom stereocenters. The van der Waals surface area contributed by atoms with Gasteiger partial charge in [-0.05, 0) is 42.7 Å². The fourth-order valence-corrected chi connectivity index (χ4v) is 2.85. The SMILES string of the molecule is Cc1ccc(C(O)c2cccc(NS(C)(=O)=O)c2)c(C)c1. The van der Waals surface area contributed by atoms with Crippen molar-refractivity contribution >= 4 is 15.7 Å². The second-order valence-electron chi connectivity index (χ2n) is 5.26. The summed E-state index contributed by atoms with van der Waals surface area (Å²) in [5.41, 5.74) is 4.05. The summed E-state index contributed by atoms with van der Waals surface area (Å²) in [5, 5.41) is 10.5. The highest BCUT2D eigenvalue weighted by Crippen LogP contribution is 2.27. The summed E-state index contributed by atoms with van der Waals surface area (Å²) in [6.07, 6.45) is 0.312. The van der Waals surface area contributed by atoms with Gasteiger partial charge in [0.2, 0.25) is 10.0 Å². The van der Waals surface area contributed by atoms with E-state index in [-0.39, 0.29) is 0 Å². The molecule has 0 bridgehead atoms. The molecule has 2 aromatic rings. The van der Waals surface area contributed by atoms with Crippen LogP contribution >= 0.6 is 0 Å². The number of sulfonamides is 1. The molecule has 0 aliphatic carbocycles. The minimum atomic E-state index is -3.33. The molecule has 0 spiro atoms. The summed E-state index contributed by atoms with van der Waals surface area (Å²) in [5.74, 6) is 0. The molecular formula is C16H19NO3S. The van der Waals surface area contributed by atoms with Crippen molar-refractivity contribution in [2.75, 3.05) is 11.0 Å². The van der Waals surface area contributed by atoms with Gasteiger partial charge < -0.3 is 5.11 Å². The van der Waals surface area contributed by atoms with E-state index >= 15 is 0 Å². The lowest BCUT2D eigenvalue weighted by Gasteiger charge is -2.16. The monoisotopic (exact) mass is 305 g/mol. The van der Waals surface area contributed by atoms with Gasteiger partial charge in [-0.25, -0.2) is 8.42 Å². The molecule has 5 heteroatoms. The van der Waals surface area contributed by atoms with Crippen molar-refractivity contribution < 1.29 is 13.5 Å². The van der Waals surface area contributed by atoms with E-state index in [0.717, 1.165) is 22.9 Å². The minimum Gasteiger partial charge on any atom is -0.384 e. The molecule has 21 heavy (non-hydrogen) atoms. The molecule has 0 radical (unpaired) electrons. The predicted octanol–water partition coefficient (Wildman–Crippen LogP) is 2.76. The van der Waals surface area contributed by atoms with Crippen LogP contribution < -0.4 is 4.72 Å². The number of benzene rings is 2. The van der Waals surface area contributed by atoms with Crippen molar-refractivity contribution in [3.8, 4) is 0 Å². The summed E-state index contributed by atoms with van der Waals surface area (Å²) in [7, 11) is -3.33. The first kappa shape index (κ1) is 15.5. The van der Waals surface area contributed by atoms with Gasteiger partial charge in [-0.15, -0.1) is 0 Å². The Bertz CT molecular complexity index is 754. The van der Waals surface area contributed by atoms with Crippen LogP contribution in [-0.2, 0) is 10.0 Å². The third kappa shape index (κ3) is 4.06. The van der Waals surface area contributed by atoms with E-state index in [0.29, 0.717) is 11.3 Å². The molecule has 2 aromatic carbocycles. The van der Waals surface area contributed by atoms with Crippen molar-refractivity contribution in [1.29, 1.82) is 0 Å². The molecule has 0 aliphatic rings. The summed E-state index contributed by atoms with van der Waals surface area (Å²) in [4.78, 5) is 0. The summed E-state index contributed by atoms with van der Waals surface area (Å²) in [6.45, 7) is 3.95. The Morgan fingerprint density at radius 3 is 2.43 bits per heavy atom. The van der Waals surface area contributed by atoms with Gasteiger partial charge in [0.1, 0.15) is 6.10 Å². The Balaban J connectivity index is 2.35. The van der Waals surface area contributed by atoms with Crippen molar-refractivity contribution in [2.24, 2.45) is 0 Å². The summed E-state index contributed by atoms with van der Waals surface area (Å²) < 4.78 is 25.0. The molecule has 0 heterocycles. The average molecular weight is 305 g/mol. The lowest BCUT2D eigenvalue weighted by atomic mass is 9.96. The third-order valence-electron chi connectivity index (χ3n) is 3.23. The lowest BCUT2D eigenvalue weighted by molar-refractivity contribution is 0.219. The van der Waals surface area contributed by atoms with E-state index in [1.807, 2.05) is 32.0 Å². The molecule has 0 saturated carbocycles. The second kappa shape index (κ2) is 5.87. The Morgan fingerprint density at radius 2 is 1.81 bits per heavy atom. The van der Waals surface area contributed by atoms with Crippen LogP contribution in [0, 0.1) is 13.8 Å². The van der Waals surface area contributed by atoms with E-state index in [9.17, 15) is 13.5 Å². The lowest BCUT2D eigenvalue weighted by Crippen LogP contribution is -2.10. The quantitative estimate of drug-likeness (QED) is 0.913. The maximum absolute atomic E-state index is 11.3. The number of hydrogen-bond acceptors (Lipinski definition) is 3. The van der Waals surface area contributed by atoms with Crippen LogP contribution in [0.2, 0.25) is 0 Å². The number of aliphatic hydroxyl groups is 1. The van der Waals surface area contributed by atoms with Crippen LogP contribution in [0.15, 0.2) is 42.5 Å². The fraction of sp³-hybridized carbons (Fsp3) is 0.250. The first-order chi connectivity index (χ1) is 9.76. The van der Waals surface area contributed by atoms with Gasteiger partial charge in [0.15, 0.2) is 0 Å². The average Bonchev–Trinajstić information content (AvgIpc) is 2.36. The fourth-order valence-electron chi connectivity index (χ4n) is 2.30. The van der Waals surface area contributed by atoms with Gasteiger partial charge in [-0.2, -0.15) is 0 Å². The highest BCUT2D eigenvalue weighted by molar-refractivity contribution is 7.92. The molecule has 0 saturated heterocycles. The summed E-state index contributed by atoms with van der Waals surface area (Å²) in [6, 6.07) is 12.6. The normalized spacial score (nSPS) is 13.0. The van der Waals surface area contributed by atoms with E-state index < -0.39 is 16.1 Å². The maximum atomic E-state index is 11.3. The largest absolute Gasteiger partial charge is 0.384 e. The highest BCUT2D eigenvalue weighted by atomic mass is 32.2. The van der Waals surface area contributed by atoms with Gasteiger partial charge >= 0.3 is 0 Å². The molecular weight excluding hydrogens is 286 g/mol. The number of hydrogen-bond donors (Lipinski definition) is 2. The Labute approximate surface area is 125 Å². The van der Waals surface area contributed by atoms with E-state index in [1.54, 1.807) is 24.3 Å². The van der Waals surface area contributed by atoms with Crippen LogP contribution in [-0.4, -0.2) is 19.8 Å². The highest BCUT2D eigenvalue weighted by Gasteiger charge is 2.14. The molecule has 1 atom stereocenters. The molecule has 0 aliphatic heterocycles. The van der Waals surface area contributed by atoms with E-state index in [1.165, 1.54) is 0 Å². The molecule has 0 aromatic heterocycles. The van der Waals surface area contributed by atoms with Crippen LogP contribution in [0.4, 0.5) is 5.69 Å². The van der Waals surface area contributed by atoms with Crippen molar-refractivity contribution in [1.82, 2.24) is 0 Å². The molecule has 0 fully saturated rings. The third-order valence-corrected chi connectivity index (χ3v) is 3.83. The molecule has 112 valence electrons. The van der Waals surface area contributed by atoms with Gasteiger partial charge in [-0.3, -0.25) is 4.72 Å². The first-order valence-electron chi connectivity index (χ1n) is 6.59.